The summed E-state index contributed by atoms with van der Waals surface area (Å²) in [7, 11) is 0. The van der Waals surface area contributed by atoms with Crippen molar-refractivity contribution in [1.29, 1.82) is 0 Å². The molecule has 0 bridgehead atoms. The molecule has 0 aliphatic carbocycles. The summed E-state index contributed by atoms with van der Waals surface area (Å²) < 4.78 is 18.6. The van der Waals surface area contributed by atoms with E-state index >= 15 is 0 Å². The quantitative estimate of drug-likeness (QED) is 0.836. The standard InChI is InChI=1S/C20H22FN3OS/c21-17-2-4-18(5-3-17)22-20(26)24-10-8-23(9-11-24)14-15-1-6-19-16(13-15)7-12-25-19/h1-6,13H,7-12,14H2,(H,22,26). The zero-order valence-corrected chi connectivity index (χ0v) is 15.4. The molecular formula is C20H22FN3OS. The number of ether oxygens (including phenoxy) is 1. The summed E-state index contributed by atoms with van der Waals surface area (Å²) in [5.74, 6) is 0.795. The van der Waals surface area contributed by atoms with E-state index in [1.165, 1.54) is 23.3 Å². The van der Waals surface area contributed by atoms with E-state index in [4.69, 9.17) is 17.0 Å². The van der Waals surface area contributed by atoms with Gasteiger partial charge in [-0.2, -0.15) is 0 Å². The number of piperazine rings is 1. The summed E-state index contributed by atoms with van der Waals surface area (Å²) in [6.45, 7) is 5.48. The average molecular weight is 371 g/mol. The number of hydrogen-bond donors (Lipinski definition) is 1. The molecule has 0 saturated carbocycles. The molecule has 0 aromatic heterocycles. The number of nitrogens with one attached hydrogen (secondary N) is 1. The molecule has 6 heteroatoms. The molecule has 1 N–H and O–H groups in total. The molecule has 2 aliphatic rings. The zero-order chi connectivity index (χ0) is 17.9. The summed E-state index contributed by atoms with van der Waals surface area (Å²) in [4.78, 5) is 4.63. The van der Waals surface area contributed by atoms with Crippen LogP contribution in [0.5, 0.6) is 5.75 Å². The van der Waals surface area contributed by atoms with Crippen molar-refractivity contribution in [2.45, 2.75) is 13.0 Å². The molecule has 26 heavy (non-hydrogen) atoms. The predicted octanol–water partition coefficient (Wildman–Crippen LogP) is 3.28. The van der Waals surface area contributed by atoms with Crippen LogP contribution in [-0.2, 0) is 13.0 Å². The van der Waals surface area contributed by atoms with E-state index in [9.17, 15) is 4.39 Å². The van der Waals surface area contributed by atoms with Gasteiger partial charge in [0.25, 0.3) is 0 Å². The Kier molecular flexibility index (Phi) is 5.04. The number of hydrogen-bond acceptors (Lipinski definition) is 3. The Bertz CT molecular complexity index is 788. The topological polar surface area (TPSA) is 27.7 Å². The lowest BCUT2D eigenvalue weighted by atomic mass is 10.1. The second kappa shape index (κ2) is 7.60. The van der Waals surface area contributed by atoms with Gasteiger partial charge in [-0.3, -0.25) is 4.90 Å². The highest BCUT2D eigenvalue weighted by Gasteiger charge is 2.20. The van der Waals surface area contributed by atoms with Gasteiger partial charge in [-0.05, 0) is 53.7 Å². The molecule has 4 rings (SSSR count). The van der Waals surface area contributed by atoms with Gasteiger partial charge < -0.3 is 15.0 Å². The van der Waals surface area contributed by atoms with Crippen molar-refractivity contribution in [3.05, 3.63) is 59.4 Å². The van der Waals surface area contributed by atoms with Gasteiger partial charge in [-0.1, -0.05) is 12.1 Å². The fourth-order valence-electron chi connectivity index (χ4n) is 3.44. The van der Waals surface area contributed by atoms with Crippen LogP contribution in [0.15, 0.2) is 42.5 Å². The van der Waals surface area contributed by atoms with Crippen molar-refractivity contribution < 1.29 is 9.13 Å². The van der Waals surface area contributed by atoms with Crippen LogP contribution in [0.4, 0.5) is 10.1 Å². The normalized spacial score (nSPS) is 16.9. The Morgan fingerprint density at radius 2 is 1.85 bits per heavy atom. The lowest BCUT2D eigenvalue weighted by Gasteiger charge is -2.36. The number of thiocarbonyl (C=S) groups is 1. The van der Waals surface area contributed by atoms with Crippen LogP contribution in [0.3, 0.4) is 0 Å². The highest BCUT2D eigenvalue weighted by Crippen LogP contribution is 2.26. The first-order chi connectivity index (χ1) is 12.7. The van der Waals surface area contributed by atoms with Gasteiger partial charge in [-0.15, -0.1) is 0 Å². The lowest BCUT2D eigenvalue weighted by molar-refractivity contribution is 0.177. The molecule has 2 aromatic carbocycles. The number of rotatable bonds is 3. The largest absolute Gasteiger partial charge is 0.493 e. The fourth-order valence-corrected chi connectivity index (χ4v) is 3.74. The Hall–Kier alpha value is -2.18. The van der Waals surface area contributed by atoms with E-state index in [-0.39, 0.29) is 5.82 Å². The van der Waals surface area contributed by atoms with Gasteiger partial charge in [0.2, 0.25) is 0 Å². The van der Waals surface area contributed by atoms with Crippen molar-refractivity contribution in [2.24, 2.45) is 0 Å². The molecular weight excluding hydrogens is 349 g/mol. The summed E-state index contributed by atoms with van der Waals surface area (Å²) >= 11 is 5.50. The second-order valence-corrected chi connectivity index (χ2v) is 7.13. The highest BCUT2D eigenvalue weighted by atomic mass is 32.1. The Labute approximate surface area is 158 Å². The Morgan fingerprint density at radius 1 is 1.08 bits per heavy atom. The SMILES string of the molecule is Fc1ccc(NC(=S)N2CCN(Cc3ccc4c(c3)CCO4)CC2)cc1. The van der Waals surface area contributed by atoms with Crippen LogP contribution in [0.2, 0.25) is 0 Å². The number of nitrogens with zero attached hydrogens (tertiary/aromatic N) is 2. The molecule has 2 aromatic rings. The molecule has 136 valence electrons. The second-order valence-electron chi connectivity index (χ2n) is 6.74. The van der Waals surface area contributed by atoms with E-state index in [0.29, 0.717) is 5.11 Å². The first-order valence-corrected chi connectivity index (χ1v) is 9.37. The van der Waals surface area contributed by atoms with Gasteiger partial charge in [0.1, 0.15) is 11.6 Å². The summed E-state index contributed by atoms with van der Waals surface area (Å²) in [6, 6.07) is 12.8. The third-order valence-corrected chi connectivity index (χ3v) is 5.28. The third kappa shape index (κ3) is 3.97. The van der Waals surface area contributed by atoms with Gasteiger partial charge >= 0.3 is 0 Å². The lowest BCUT2D eigenvalue weighted by Crippen LogP contribution is -2.49. The molecule has 1 fully saturated rings. The zero-order valence-electron chi connectivity index (χ0n) is 14.6. The fraction of sp³-hybridized carbons (Fsp3) is 0.350. The van der Waals surface area contributed by atoms with Crippen molar-refractivity contribution in [2.75, 3.05) is 38.1 Å². The number of halogens is 1. The molecule has 0 amide bonds. The summed E-state index contributed by atoms with van der Waals surface area (Å²) in [5, 5.41) is 3.89. The maximum Gasteiger partial charge on any atom is 0.173 e. The van der Waals surface area contributed by atoms with Crippen LogP contribution >= 0.6 is 12.2 Å². The van der Waals surface area contributed by atoms with Gasteiger partial charge in [0.05, 0.1) is 6.61 Å². The Balaban J connectivity index is 1.28. The van der Waals surface area contributed by atoms with Crippen molar-refractivity contribution >= 4 is 23.0 Å². The maximum absolute atomic E-state index is 13.0. The smallest absolute Gasteiger partial charge is 0.173 e. The van der Waals surface area contributed by atoms with Crippen molar-refractivity contribution in [3.8, 4) is 5.75 Å². The molecule has 2 aliphatic heterocycles. The first-order valence-electron chi connectivity index (χ1n) is 8.96. The van der Waals surface area contributed by atoms with Crippen molar-refractivity contribution in [1.82, 2.24) is 9.80 Å². The van der Waals surface area contributed by atoms with Crippen LogP contribution < -0.4 is 10.1 Å². The number of fused-ring (bicyclic) bond motifs is 1. The maximum atomic E-state index is 13.0. The van der Waals surface area contributed by atoms with Crippen LogP contribution in [0, 0.1) is 5.82 Å². The monoisotopic (exact) mass is 371 g/mol. The van der Waals surface area contributed by atoms with Crippen LogP contribution in [0.1, 0.15) is 11.1 Å². The molecule has 0 spiro atoms. The predicted molar refractivity (Wildman–Crippen MR) is 105 cm³/mol. The van der Waals surface area contributed by atoms with Crippen LogP contribution in [0.25, 0.3) is 0 Å². The number of anilines is 1. The van der Waals surface area contributed by atoms with E-state index in [1.54, 1.807) is 12.1 Å². The minimum atomic E-state index is -0.242. The van der Waals surface area contributed by atoms with E-state index in [2.05, 4.69) is 33.3 Å². The van der Waals surface area contributed by atoms with E-state index in [0.717, 1.165) is 57.2 Å². The highest BCUT2D eigenvalue weighted by molar-refractivity contribution is 7.80. The first kappa shape index (κ1) is 17.2. The van der Waals surface area contributed by atoms with E-state index in [1.807, 2.05) is 0 Å². The number of benzene rings is 2. The molecule has 0 radical (unpaired) electrons. The summed E-state index contributed by atoms with van der Waals surface area (Å²) in [6.07, 6.45) is 1.01. The molecule has 4 nitrogen and oxygen atoms in total. The third-order valence-electron chi connectivity index (χ3n) is 4.92. The van der Waals surface area contributed by atoms with E-state index < -0.39 is 0 Å². The average Bonchev–Trinajstić information content (AvgIpc) is 3.12. The minimum Gasteiger partial charge on any atom is -0.493 e. The van der Waals surface area contributed by atoms with Gasteiger partial charge in [0, 0.05) is 44.8 Å². The molecule has 2 heterocycles. The summed E-state index contributed by atoms with van der Waals surface area (Å²) in [5.41, 5.74) is 3.49. The van der Waals surface area contributed by atoms with Gasteiger partial charge in [0.15, 0.2) is 5.11 Å². The molecule has 1 saturated heterocycles. The molecule has 0 atom stereocenters. The Morgan fingerprint density at radius 3 is 2.62 bits per heavy atom. The van der Waals surface area contributed by atoms with Crippen LogP contribution in [-0.4, -0.2) is 47.7 Å². The van der Waals surface area contributed by atoms with Crippen molar-refractivity contribution in [3.63, 3.8) is 0 Å². The van der Waals surface area contributed by atoms with Gasteiger partial charge in [-0.25, -0.2) is 4.39 Å². The minimum absolute atomic E-state index is 0.242. The molecule has 0 unspecified atom stereocenters.